The third kappa shape index (κ3) is 28.8. The van der Waals surface area contributed by atoms with E-state index in [9.17, 15) is 0 Å². The minimum Gasteiger partial charge on any atom is -0.0887 e. The Hall–Kier alpha value is -2.34. The van der Waals surface area contributed by atoms with E-state index >= 15 is 0 Å². The van der Waals surface area contributed by atoms with E-state index in [1.807, 2.05) is 0 Å². The van der Waals surface area contributed by atoms with Gasteiger partial charge in [0.1, 0.15) is 0 Å². The summed E-state index contributed by atoms with van der Waals surface area (Å²) in [6.07, 6.45) is 40.6. The van der Waals surface area contributed by atoms with Gasteiger partial charge in [-0.3, -0.25) is 0 Å². The van der Waals surface area contributed by atoms with Gasteiger partial charge in [-0.05, 0) is 179 Å². The fourth-order valence-corrected chi connectivity index (χ4v) is 5.27. The predicted molar refractivity (Wildman–Crippen MR) is 209 cm³/mol. The normalized spacial score (nSPS) is 14.8. The smallest absolute Gasteiger partial charge is 0.0288 e. The molecule has 45 heavy (non-hydrogen) atoms. The van der Waals surface area contributed by atoms with Gasteiger partial charge >= 0.3 is 0 Å². The van der Waals surface area contributed by atoms with Crippen LogP contribution >= 0.6 is 0 Å². The lowest BCUT2D eigenvalue weighted by molar-refractivity contribution is 0.880. The molecule has 0 aromatic heterocycles. The van der Waals surface area contributed by atoms with Crippen LogP contribution in [0, 0.1) is 0 Å². The summed E-state index contributed by atoms with van der Waals surface area (Å²) in [6, 6.07) is 0. The van der Waals surface area contributed by atoms with E-state index in [1.54, 1.807) is 0 Å². The number of hydrogen-bond acceptors (Lipinski definition) is 0. The highest BCUT2D eigenvalue weighted by Gasteiger charge is 1.97. The monoisotopic (exact) mass is 615 g/mol. The van der Waals surface area contributed by atoms with E-state index in [0.29, 0.717) is 0 Å². The van der Waals surface area contributed by atoms with Gasteiger partial charge in [0, 0.05) is 0 Å². The Kier molecular flexibility index (Phi) is 26.5. The Morgan fingerprint density at radius 3 is 0.622 bits per heavy atom. The molecule has 0 spiro atoms. The van der Waals surface area contributed by atoms with Crippen LogP contribution in [-0.4, -0.2) is 0 Å². The van der Waals surface area contributed by atoms with Gasteiger partial charge in [0.15, 0.2) is 0 Å². The zero-order valence-corrected chi connectivity index (χ0v) is 32.0. The molecule has 0 saturated carbocycles. The second-order valence-electron chi connectivity index (χ2n) is 14.1. The molecular formula is C45H74. The summed E-state index contributed by atoms with van der Waals surface area (Å²) in [5.74, 6) is 0. The number of allylic oxidation sites excluding steroid dienone is 18. The summed E-state index contributed by atoms with van der Waals surface area (Å²) < 4.78 is 0. The highest BCUT2D eigenvalue weighted by Crippen LogP contribution is 2.17. The molecule has 0 aromatic rings. The van der Waals surface area contributed by atoms with Crippen LogP contribution in [0.25, 0.3) is 0 Å². The largest absolute Gasteiger partial charge is 0.0887 e. The second-order valence-corrected chi connectivity index (χ2v) is 14.1. The zero-order chi connectivity index (χ0) is 33.9. The number of rotatable bonds is 24. The Labute approximate surface area is 283 Å². The molecule has 0 nitrogen and oxygen atoms in total. The van der Waals surface area contributed by atoms with Crippen molar-refractivity contribution in [1.29, 1.82) is 0 Å². The summed E-state index contributed by atoms with van der Waals surface area (Å²) >= 11 is 0. The molecule has 0 fully saturated rings. The maximum absolute atomic E-state index is 2.46. The molecule has 0 heteroatoms. The molecule has 0 unspecified atom stereocenters. The lowest BCUT2D eigenvalue weighted by atomic mass is 10.0. The molecular weight excluding hydrogens is 540 g/mol. The van der Waals surface area contributed by atoms with E-state index in [-0.39, 0.29) is 0 Å². The van der Waals surface area contributed by atoms with Crippen molar-refractivity contribution in [3.8, 4) is 0 Å². The highest BCUT2D eigenvalue weighted by atomic mass is 14.0. The van der Waals surface area contributed by atoms with Gasteiger partial charge in [-0.15, -0.1) is 0 Å². The van der Waals surface area contributed by atoms with Gasteiger partial charge in [-0.25, -0.2) is 0 Å². The molecule has 0 saturated heterocycles. The van der Waals surface area contributed by atoms with E-state index in [4.69, 9.17) is 0 Å². The fourth-order valence-electron chi connectivity index (χ4n) is 5.27. The van der Waals surface area contributed by atoms with E-state index in [0.717, 1.165) is 0 Å². The average molecular weight is 615 g/mol. The number of hydrogen-bond donors (Lipinski definition) is 0. The lowest BCUT2D eigenvalue weighted by Crippen LogP contribution is -1.84. The van der Waals surface area contributed by atoms with Gasteiger partial charge < -0.3 is 0 Å². The van der Waals surface area contributed by atoms with Crippen molar-refractivity contribution in [2.45, 2.75) is 179 Å². The molecule has 0 aliphatic heterocycles. The Morgan fingerprint density at radius 1 is 0.267 bits per heavy atom. The van der Waals surface area contributed by atoms with Crippen LogP contribution < -0.4 is 0 Å². The molecule has 0 bridgehead atoms. The summed E-state index contributed by atoms with van der Waals surface area (Å²) in [6.45, 7) is 24.8. The molecule has 0 atom stereocenters. The molecule has 0 aliphatic carbocycles. The highest BCUT2D eigenvalue weighted by molar-refractivity contribution is 5.10. The zero-order valence-electron chi connectivity index (χ0n) is 32.0. The molecule has 0 aromatic carbocycles. The first-order valence-corrected chi connectivity index (χ1v) is 18.3. The minimum atomic E-state index is 1.17. The summed E-state index contributed by atoms with van der Waals surface area (Å²) in [4.78, 5) is 0. The molecule has 254 valence electrons. The third-order valence-corrected chi connectivity index (χ3v) is 8.80. The lowest BCUT2D eigenvalue weighted by Gasteiger charge is -2.04. The molecule has 0 aliphatic rings. The summed E-state index contributed by atoms with van der Waals surface area (Å²) in [5.41, 5.74) is 13.6. The van der Waals surface area contributed by atoms with Crippen molar-refractivity contribution >= 4 is 0 Å². The minimum absolute atomic E-state index is 1.17. The van der Waals surface area contributed by atoms with Crippen LogP contribution in [0.1, 0.15) is 179 Å². The summed E-state index contributed by atoms with van der Waals surface area (Å²) in [5, 5.41) is 0. The van der Waals surface area contributed by atoms with Crippen LogP contribution in [0.5, 0.6) is 0 Å². The van der Waals surface area contributed by atoms with Crippen molar-refractivity contribution in [1.82, 2.24) is 0 Å². The van der Waals surface area contributed by atoms with Gasteiger partial charge in [0.2, 0.25) is 0 Å². The maximum atomic E-state index is 2.46. The van der Waals surface area contributed by atoms with Crippen molar-refractivity contribution in [2.75, 3.05) is 0 Å². The quantitative estimate of drug-likeness (QED) is 0.0949. The predicted octanol–water partition coefficient (Wildman–Crippen LogP) is 15.8. The van der Waals surface area contributed by atoms with Crippen LogP contribution in [0.3, 0.4) is 0 Å². The van der Waals surface area contributed by atoms with Crippen molar-refractivity contribution < 1.29 is 0 Å². The van der Waals surface area contributed by atoms with Crippen LogP contribution in [0.4, 0.5) is 0 Å². The molecule has 0 rings (SSSR count). The van der Waals surface area contributed by atoms with Gasteiger partial charge in [-0.2, -0.15) is 0 Å². The van der Waals surface area contributed by atoms with Crippen LogP contribution in [0.2, 0.25) is 0 Å². The third-order valence-electron chi connectivity index (χ3n) is 8.80. The van der Waals surface area contributed by atoms with Crippen LogP contribution in [0.15, 0.2) is 105 Å². The van der Waals surface area contributed by atoms with Crippen molar-refractivity contribution in [3.05, 3.63) is 105 Å². The standard InChI is InChI=1S/C45H74/c1-12-38(4)22-14-24-40(6)26-16-28-42(8)30-18-32-44(10)34-20-36-45(11)35-19-33-43(9)31-17-29-41(7)27-15-25-39(5)23-13-21-37(2)3/h12,21,24-25,28-29,32-33,36H,13-20,22-23,26-27,30-31,34-35H2,1-11H3/b38-12+,39-25+,40-24+,41-29+,42-28+,43-33-,44-32+,45-36+. The SMILES string of the molecule is C/C=C(\C)CC/C=C(\C)CC/C=C(\C)CC/C=C(\C)CC/C=C(\C)CC/C=C(/C)CC/C=C(\C)CC/C=C(\C)CCC=C(C)C. The van der Waals surface area contributed by atoms with Crippen molar-refractivity contribution in [2.24, 2.45) is 0 Å². The van der Waals surface area contributed by atoms with E-state index < -0.39 is 0 Å². The molecule has 0 radical (unpaired) electrons. The van der Waals surface area contributed by atoms with E-state index in [2.05, 4.69) is 131 Å². The topological polar surface area (TPSA) is 0 Å². The van der Waals surface area contributed by atoms with Gasteiger partial charge in [0.05, 0.1) is 0 Å². The molecule has 0 amide bonds. The van der Waals surface area contributed by atoms with Crippen LogP contribution in [-0.2, 0) is 0 Å². The molecule has 0 N–H and O–H groups in total. The van der Waals surface area contributed by atoms with Gasteiger partial charge in [-0.1, -0.05) is 105 Å². The first-order valence-electron chi connectivity index (χ1n) is 18.3. The Balaban J connectivity index is 4.21. The average Bonchev–Trinajstić information content (AvgIpc) is 2.96. The Bertz CT molecular complexity index is 1080. The van der Waals surface area contributed by atoms with Gasteiger partial charge in [0.25, 0.3) is 0 Å². The first kappa shape index (κ1) is 42.7. The summed E-state index contributed by atoms with van der Waals surface area (Å²) in [7, 11) is 0. The second kappa shape index (κ2) is 27.9. The fraction of sp³-hybridized carbons (Fsp3) is 0.600. The first-order chi connectivity index (χ1) is 21.4. The Morgan fingerprint density at radius 2 is 0.444 bits per heavy atom. The molecule has 0 heterocycles. The van der Waals surface area contributed by atoms with Crippen molar-refractivity contribution in [3.63, 3.8) is 0 Å². The maximum Gasteiger partial charge on any atom is -0.0288 e. The van der Waals surface area contributed by atoms with E-state index in [1.165, 1.54) is 153 Å².